The Morgan fingerprint density at radius 1 is 0.710 bits per heavy atom. The van der Waals surface area contributed by atoms with Gasteiger partial charge in [-0.1, -0.05) is 30.3 Å². The van der Waals surface area contributed by atoms with E-state index in [9.17, 15) is 35.7 Å². The summed E-state index contributed by atoms with van der Waals surface area (Å²) in [5.74, 6) is 0. The van der Waals surface area contributed by atoms with Gasteiger partial charge in [-0.2, -0.15) is 0 Å². The zero-order valence-electron chi connectivity index (χ0n) is 16.8. The minimum absolute atomic E-state index is 0.157. The van der Waals surface area contributed by atoms with Gasteiger partial charge in [-0.25, -0.2) is 0 Å². The first-order valence-corrected chi connectivity index (χ1v) is 10.1. The molecule has 0 unspecified atom stereocenters. The van der Waals surface area contributed by atoms with Crippen molar-refractivity contribution in [2.45, 2.75) is 67.8 Å². The van der Waals surface area contributed by atoms with E-state index in [1.165, 1.54) is 0 Å². The van der Waals surface area contributed by atoms with E-state index < -0.39 is 74.6 Å². The van der Waals surface area contributed by atoms with Gasteiger partial charge in [-0.15, -0.1) is 0 Å². The largest absolute Gasteiger partial charge is 0.394 e. The Hall–Kier alpha value is -1.22. The molecule has 11 heteroatoms. The van der Waals surface area contributed by atoms with Gasteiger partial charge in [-0.05, 0) is 12.0 Å². The van der Waals surface area contributed by atoms with Gasteiger partial charge in [0, 0.05) is 0 Å². The van der Waals surface area contributed by atoms with Gasteiger partial charge in [0.05, 0.1) is 19.8 Å². The molecule has 0 saturated carbocycles. The van der Waals surface area contributed by atoms with Crippen LogP contribution in [-0.2, 0) is 25.4 Å². The Kier molecular flexibility index (Phi) is 8.73. The number of aliphatic hydroxyl groups excluding tert-OH is 7. The maximum Gasteiger partial charge on any atom is 0.187 e. The third kappa shape index (κ3) is 5.59. The number of rotatable bonds is 8. The molecule has 11 nitrogen and oxygen atoms in total. The van der Waals surface area contributed by atoms with Crippen molar-refractivity contribution in [3.63, 3.8) is 0 Å². The van der Waals surface area contributed by atoms with Crippen LogP contribution in [0.2, 0.25) is 0 Å². The highest BCUT2D eigenvalue weighted by Gasteiger charge is 2.50. The molecule has 0 radical (unpaired) electrons. The lowest BCUT2D eigenvalue weighted by Gasteiger charge is -2.45. The van der Waals surface area contributed by atoms with E-state index in [4.69, 9.17) is 18.9 Å². The lowest BCUT2D eigenvalue weighted by molar-refractivity contribution is -0.367. The molecule has 2 aliphatic heterocycles. The van der Waals surface area contributed by atoms with Crippen LogP contribution in [0.25, 0.3) is 0 Å². The van der Waals surface area contributed by atoms with Crippen molar-refractivity contribution in [1.29, 1.82) is 0 Å². The predicted octanol–water partition coefficient (Wildman–Crippen LogP) is -3.13. The van der Waals surface area contributed by atoms with E-state index in [0.29, 0.717) is 6.42 Å². The Morgan fingerprint density at radius 3 is 1.90 bits per heavy atom. The van der Waals surface area contributed by atoms with Crippen molar-refractivity contribution >= 4 is 0 Å². The quantitative estimate of drug-likeness (QED) is 0.215. The van der Waals surface area contributed by atoms with Crippen LogP contribution in [0.1, 0.15) is 5.56 Å². The predicted molar refractivity (Wildman–Crippen MR) is 102 cm³/mol. The maximum absolute atomic E-state index is 10.5. The van der Waals surface area contributed by atoms with Gasteiger partial charge >= 0.3 is 0 Å². The third-order valence-electron chi connectivity index (χ3n) is 5.48. The summed E-state index contributed by atoms with van der Waals surface area (Å²) < 4.78 is 22.1. The fourth-order valence-electron chi connectivity index (χ4n) is 3.61. The fraction of sp³-hybridized carbons (Fsp3) is 0.700. The second-order valence-corrected chi connectivity index (χ2v) is 7.61. The van der Waals surface area contributed by atoms with E-state index >= 15 is 0 Å². The molecular weight excluding hydrogens is 416 g/mol. The number of hydrogen-bond acceptors (Lipinski definition) is 11. The highest BCUT2D eigenvalue weighted by molar-refractivity contribution is 5.14. The lowest BCUT2D eigenvalue weighted by Crippen LogP contribution is -2.64. The Morgan fingerprint density at radius 2 is 1.29 bits per heavy atom. The SMILES string of the molecule is OC[C@H]1O[C@@H](O[C@H]2[C@H](OCCc3ccccc3)O[C@H](CO)[C@@H](O)[C@@H]2O)[C@H](O)[C@@H](O)[C@@H]1O. The first-order valence-electron chi connectivity index (χ1n) is 10.1. The minimum atomic E-state index is -1.71. The molecule has 2 heterocycles. The van der Waals surface area contributed by atoms with Gasteiger partial charge < -0.3 is 54.7 Å². The van der Waals surface area contributed by atoms with Crippen LogP contribution in [-0.4, -0.2) is 117 Å². The summed E-state index contributed by atoms with van der Waals surface area (Å²) in [5, 5.41) is 69.6. The first kappa shape index (κ1) is 24.4. The molecule has 1 aromatic carbocycles. The molecule has 176 valence electrons. The Labute approximate surface area is 179 Å². The average Bonchev–Trinajstić information content (AvgIpc) is 2.79. The van der Waals surface area contributed by atoms with E-state index in [1.54, 1.807) is 0 Å². The van der Waals surface area contributed by atoms with Crippen molar-refractivity contribution in [2.24, 2.45) is 0 Å². The smallest absolute Gasteiger partial charge is 0.187 e. The molecule has 2 fully saturated rings. The van der Waals surface area contributed by atoms with Crippen molar-refractivity contribution in [1.82, 2.24) is 0 Å². The second-order valence-electron chi connectivity index (χ2n) is 7.61. The number of hydrogen-bond donors (Lipinski definition) is 7. The molecule has 0 aliphatic carbocycles. The summed E-state index contributed by atoms with van der Waals surface area (Å²) in [5.41, 5.74) is 0.990. The average molecular weight is 446 g/mol. The molecule has 10 atom stereocenters. The number of benzene rings is 1. The van der Waals surface area contributed by atoms with E-state index in [1.807, 2.05) is 30.3 Å². The van der Waals surface area contributed by atoms with Crippen LogP contribution in [0.3, 0.4) is 0 Å². The normalized spacial score (nSPS) is 41.3. The van der Waals surface area contributed by atoms with Crippen molar-refractivity contribution < 1.29 is 54.7 Å². The van der Waals surface area contributed by atoms with Crippen LogP contribution < -0.4 is 0 Å². The highest BCUT2D eigenvalue weighted by Crippen LogP contribution is 2.29. The maximum atomic E-state index is 10.5. The Balaban J connectivity index is 1.70. The monoisotopic (exact) mass is 446 g/mol. The summed E-state index contributed by atoms with van der Waals surface area (Å²) >= 11 is 0. The molecule has 3 rings (SSSR count). The van der Waals surface area contributed by atoms with Crippen LogP contribution in [0, 0.1) is 0 Å². The molecule has 0 bridgehead atoms. The number of ether oxygens (including phenoxy) is 4. The minimum Gasteiger partial charge on any atom is -0.394 e. The zero-order valence-corrected chi connectivity index (χ0v) is 16.8. The molecule has 0 aromatic heterocycles. The molecular formula is C20H30O11. The lowest BCUT2D eigenvalue weighted by atomic mass is 9.97. The fourth-order valence-corrected chi connectivity index (χ4v) is 3.61. The zero-order chi connectivity index (χ0) is 22.5. The summed E-state index contributed by atoms with van der Waals surface area (Å²) in [4.78, 5) is 0. The van der Waals surface area contributed by atoms with E-state index in [-0.39, 0.29) is 6.61 Å². The molecule has 7 N–H and O–H groups in total. The van der Waals surface area contributed by atoms with Gasteiger partial charge in [0.15, 0.2) is 12.6 Å². The topological polar surface area (TPSA) is 179 Å². The molecule has 1 aromatic rings. The van der Waals surface area contributed by atoms with Crippen LogP contribution >= 0.6 is 0 Å². The number of aliphatic hydroxyl groups is 7. The summed E-state index contributed by atoms with van der Waals surface area (Å²) in [6.07, 6.45) is -14.1. The van der Waals surface area contributed by atoms with Gasteiger partial charge in [0.25, 0.3) is 0 Å². The van der Waals surface area contributed by atoms with Crippen LogP contribution in [0.5, 0.6) is 0 Å². The van der Waals surface area contributed by atoms with Gasteiger partial charge in [0.1, 0.15) is 48.8 Å². The summed E-state index contributed by atoms with van der Waals surface area (Å²) in [7, 11) is 0. The van der Waals surface area contributed by atoms with E-state index in [0.717, 1.165) is 5.56 Å². The molecule has 0 spiro atoms. The highest BCUT2D eigenvalue weighted by atomic mass is 16.8. The first-order chi connectivity index (χ1) is 14.9. The molecule has 31 heavy (non-hydrogen) atoms. The molecule has 2 aliphatic rings. The van der Waals surface area contributed by atoms with Crippen molar-refractivity contribution in [2.75, 3.05) is 19.8 Å². The standard InChI is InChI=1S/C20H30O11/c21-8-11-13(23)15(25)17(27)19(29-11)31-18-16(26)14(24)12(9-22)30-20(18)28-7-6-10-4-2-1-3-5-10/h1-5,11-27H,6-9H2/t11-,12-,13-,14-,15+,16+,17-,18-,19+,20-/m1/s1. The van der Waals surface area contributed by atoms with Gasteiger partial charge in [-0.3, -0.25) is 0 Å². The Bertz CT molecular complexity index is 660. The molecule has 0 amide bonds. The summed E-state index contributed by atoms with van der Waals surface area (Å²) in [6, 6.07) is 9.44. The van der Waals surface area contributed by atoms with Crippen LogP contribution in [0.15, 0.2) is 30.3 Å². The van der Waals surface area contributed by atoms with Crippen molar-refractivity contribution in [3.05, 3.63) is 35.9 Å². The van der Waals surface area contributed by atoms with Gasteiger partial charge in [0.2, 0.25) is 0 Å². The molecule has 2 saturated heterocycles. The summed E-state index contributed by atoms with van der Waals surface area (Å²) in [6.45, 7) is -1.07. The van der Waals surface area contributed by atoms with E-state index in [2.05, 4.69) is 0 Å². The third-order valence-corrected chi connectivity index (χ3v) is 5.48. The van der Waals surface area contributed by atoms with Crippen molar-refractivity contribution in [3.8, 4) is 0 Å². The van der Waals surface area contributed by atoms with Crippen LogP contribution in [0.4, 0.5) is 0 Å². The second kappa shape index (κ2) is 11.1.